The number of aromatic nitrogens is 3. The van der Waals surface area contributed by atoms with E-state index < -0.39 is 35.7 Å². The van der Waals surface area contributed by atoms with E-state index >= 15 is 0 Å². The molecule has 16 nitrogen and oxygen atoms in total. The average molecular weight is 1080 g/mol. The smallest absolute Gasteiger partial charge is 0.406 e. The summed E-state index contributed by atoms with van der Waals surface area (Å²) in [5, 5.41) is 17.7. The summed E-state index contributed by atoms with van der Waals surface area (Å²) in [6, 6.07) is 15.7. The number of carbonyl (C=O) groups excluding carboxylic acids is 4. The van der Waals surface area contributed by atoms with Crippen molar-refractivity contribution in [2.75, 3.05) is 63.0 Å². The summed E-state index contributed by atoms with van der Waals surface area (Å²) < 4.78 is 41.9. The second kappa shape index (κ2) is 25.0. The third-order valence-electron chi connectivity index (χ3n) is 15.2. The van der Waals surface area contributed by atoms with Crippen LogP contribution >= 0.6 is 11.3 Å². The number of amides is 4. The van der Waals surface area contributed by atoms with Crippen LogP contribution in [0.1, 0.15) is 131 Å². The van der Waals surface area contributed by atoms with Gasteiger partial charge in [0.25, 0.3) is 5.91 Å². The maximum atomic E-state index is 14.2. The lowest BCUT2D eigenvalue weighted by Gasteiger charge is -2.36. The third-order valence-corrected chi connectivity index (χ3v) is 16.2. The Morgan fingerprint density at radius 2 is 1.56 bits per heavy atom. The van der Waals surface area contributed by atoms with E-state index in [0.29, 0.717) is 38.8 Å². The number of unbranched alkanes of at least 4 members (excludes halogenated alkanes) is 5. The van der Waals surface area contributed by atoms with Crippen molar-refractivity contribution in [3.63, 3.8) is 0 Å². The number of thiazole rings is 1. The van der Waals surface area contributed by atoms with Crippen molar-refractivity contribution in [2.24, 2.45) is 5.41 Å². The summed E-state index contributed by atoms with van der Waals surface area (Å²) in [6.07, 6.45) is 3.60. The van der Waals surface area contributed by atoms with Crippen LogP contribution in [0.15, 0.2) is 72.5 Å². The molecule has 3 saturated heterocycles. The number of rotatable bonds is 19. The van der Waals surface area contributed by atoms with Crippen LogP contribution in [0.4, 0.5) is 24.5 Å². The van der Waals surface area contributed by atoms with Crippen molar-refractivity contribution in [3.8, 4) is 16.2 Å². The number of ether oxygens (including phenoxy) is 1. The molecule has 0 radical (unpaired) electrons. The number of fused-ring (bicyclic) bond motifs is 1. The Hall–Kier alpha value is -6.38. The number of piperazine rings is 1. The molecule has 3 aromatic carbocycles. The number of hydrogen-bond donors (Lipinski definition) is 4. The summed E-state index contributed by atoms with van der Waals surface area (Å²) >= 11 is 1.58. The molecule has 0 aliphatic carbocycles. The molecule has 0 saturated carbocycles. The number of nitrogen functional groups attached to an aromatic ring is 1. The van der Waals surface area contributed by atoms with Gasteiger partial charge in [-0.05, 0) is 92.9 Å². The van der Waals surface area contributed by atoms with Crippen LogP contribution in [0.3, 0.4) is 0 Å². The maximum Gasteiger partial charge on any atom is 0.573 e. The highest BCUT2D eigenvalue weighted by molar-refractivity contribution is 7.13. The normalized spacial score (nSPS) is 18.6. The van der Waals surface area contributed by atoms with Crippen molar-refractivity contribution >= 4 is 57.2 Å². The number of aliphatic hydroxyl groups excluding tert-OH is 1. The van der Waals surface area contributed by atoms with E-state index in [1.165, 1.54) is 11.0 Å². The van der Waals surface area contributed by atoms with E-state index in [1.807, 2.05) is 64.4 Å². The fraction of sp³-hybridized carbons (Fsp3) is 0.526. The van der Waals surface area contributed by atoms with Gasteiger partial charge in [-0.25, -0.2) is 15.0 Å². The Morgan fingerprint density at radius 3 is 2.22 bits per heavy atom. The van der Waals surface area contributed by atoms with Crippen LogP contribution in [-0.2, 0) is 14.4 Å². The largest absolute Gasteiger partial charge is 0.573 e. The first-order valence-corrected chi connectivity index (χ1v) is 27.9. The number of nitrogens with zero attached hydrogens (tertiary/aromatic N) is 7. The number of carbonyl (C=O) groups is 4. The number of likely N-dealkylation sites (tertiary alicyclic amines) is 2. The highest BCUT2D eigenvalue weighted by Gasteiger charge is 2.45. The highest BCUT2D eigenvalue weighted by Crippen LogP contribution is 2.35. The molecule has 0 bridgehead atoms. The Balaban J connectivity index is 0.714. The van der Waals surface area contributed by atoms with Gasteiger partial charge in [-0.2, -0.15) is 0 Å². The van der Waals surface area contributed by atoms with Gasteiger partial charge in [-0.3, -0.25) is 24.1 Å². The molecule has 414 valence electrons. The van der Waals surface area contributed by atoms with Gasteiger partial charge in [-0.1, -0.05) is 70.7 Å². The number of aryl methyl sites for hydroxylation is 1. The van der Waals surface area contributed by atoms with Gasteiger partial charge in [0, 0.05) is 87.4 Å². The minimum atomic E-state index is -4.86. The quantitative estimate of drug-likeness (QED) is 0.0454. The SMILES string of the molecule is Cc1ncsc1-c1ccc([C@H](C)NC(=O)[C@@H]2C[C@@H](O)CN2C(=O)[C@@H](NC(=O)CCCCCCCCN2CCN(c3ccc4c(C5CCN(C(=O)c6ccc(OC(F)(F)F)cc6N)CC5)ncnc4c3)CC2)C(C)(C)C)cc1. The number of β-amino-alcohol motifs (C(OH)–C–C–N with tert-alkyl or cyclic N) is 1. The lowest BCUT2D eigenvalue weighted by Crippen LogP contribution is -2.57. The standard InChI is InChI=1S/C57H73F3N10O6S/c1-36(38-13-15-40(16-14-38)51-37(2)64-35-77-51)65-53(73)48-31-42(71)33-70(48)55(75)52(56(3,4)5)66-49(72)12-10-8-6-7-9-11-23-67-26-28-68(29-27-67)41-17-19-45-47(30-41)62-34-63-50(45)39-21-24-69(25-22-39)54(74)44-20-18-43(32-46(44)61)76-57(58,59)60/h13-20,30,32,34-36,39,42,48,52,71H,6-12,21-29,31,33,61H2,1-5H3,(H,65,73)(H,66,72)/t36-,42+,48-,52+/m0/s1. The van der Waals surface area contributed by atoms with Gasteiger partial charge < -0.3 is 40.9 Å². The molecular weight excluding hydrogens is 1010 g/mol. The molecule has 2 aromatic heterocycles. The van der Waals surface area contributed by atoms with E-state index in [9.17, 15) is 37.5 Å². The molecule has 77 heavy (non-hydrogen) atoms. The maximum absolute atomic E-state index is 14.2. The molecule has 0 unspecified atom stereocenters. The van der Waals surface area contributed by atoms with E-state index in [-0.39, 0.29) is 59.8 Å². The van der Waals surface area contributed by atoms with Gasteiger partial charge in [0.2, 0.25) is 17.7 Å². The second-order valence-corrected chi connectivity index (χ2v) is 22.8. The Kier molecular flexibility index (Phi) is 18.4. The lowest BCUT2D eigenvalue weighted by atomic mass is 9.85. The first-order valence-electron chi connectivity index (χ1n) is 27.0. The Bertz CT molecular complexity index is 2840. The molecule has 5 N–H and O–H groups in total. The lowest BCUT2D eigenvalue weighted by molar-refractivity contribution is -0.274. The third kappa shape index (κ3) is 14.6. The molecule has 5 aromatic rings. The van der Waals surface area contributed by atoms with Crippen molar-refractivity contribution in [1.29, 1.82) is 0 Å². The van der Waals surface area contributed by atoms with Gasteiger partial charge >= 0.3 is 6.36 Å². The van der Waals surface area contributed by atoms with Crippen LogP contribution in [0.2, 0.25) is 0 Å². The number of nitrogens with one attached hydrogen (secondary N) is 2. The molecule has 4 amide bonds. The zero-order valence-corrected chi connectivity index (χ0v) is 45.6. The first-order chi connectivity index (χ1) is 36.7. The fourth-order valence-electron chi connectivity index (χ4n) is 10.9. The monoisotopic (exact) mass is 1080 g/mol. The number of alkyl halides is 3. The predicted molar refractivity (Wildman–Crippen MR) is 292 cm³/mol. The zero-order valence-electron chi connectivity index (χ0n) is 44.8. The number of halogens is 3. The van der Waals surface area contributed by atoms with E-state index in [2.05, 4.69) is 58.3 Å². The van der Waals surface area contributed by atoms with Gasteiger partial charge in [0.1, 0.15) is 24.2 Å². The molecule has 3 fully saturated rings. The number of hydrogen-bond acceptors (Lipinski definition) is 13. The summed E-state index contributed by atoms with van der Waals surface area (Å²) in [5.41, 5.74) is 13.1. The Labute approximate surface area is 453 Å². The van der Waals surface area contributed by atoms with Crippen LogP contribution in [0, 0.1) is 12.3 Å². The number of anilines is 2. The zero-order chi connectivity index (χ0) is 55.0. The minimum Gasteiger partial charge on any atom is -0.406 e. The average Bonchev–Trinajstić information content (AvgIpc) is 4.04. The summed E-state index contributed by atoms with van der Waals surface area (Å²) in [5.74, 6) is -1.60. The molecular formula is C57H73F3N10O6S. The van der Waals surface area contributed by atoms with Crippen molar-refractivity contribution in [3.05, 3.63) is 95.0 Å². The van der Waals surface area contributed by atoms with Crippen LogP contribution in [0.5, 0.6) is 5.75 Å². The number of benzene rings is 3. The highest BCUT2D eigenvalue weighted by atomic mass is 32.1. The number of aliphatic hydroxyl groups is 1. The molecule has 0 spiro atoms. The molecule has 3 aliphatic rings. The summed E-state index contributed by atoms with van der Waals surface area (Å²) in [7, 11) is 0. The Morgan fingerprint density at radius 1 is 0.857 bits per heavy atom. The van der Waals surface area contributed by atoms with Crippen molar-refractivity contribution in [1.82, 2.24) is 40.3 Å². The number of nitrogens with two attached hydrogens (primary N) is 1. The van der Waals surface area contributed by atoms with Crippen molar-refractivity contribution < 1.29 is 42.2 Å². The minimum absolute atomic E-state index is 0.0211. The first kappa shape index (κ1) is 56.8. The van der Waals surface area contributed by atoms with E-state index in [0.717, 1.165) is 121 Å². The molecule has 4 atom stereocenters. The summed E-state index contributed by atoms with van der Waals surface area (Å²) in [4.78, 5) is 77.2. The fourth-order valence-corrected chi connectivity index (χ4v) is 11.7. The molecule has 8 rings (SSSR count). The van der Waals surface area contributed by atoms with E-state index in [4.69, 9.17) is 5.73 Å². The van der Waals surface area contributed by atoms with Gasteiger partial charge in [0.15, 0.2) is 0 Å². The predicted octanol–water partition coefficient (Wildman–Crippen LogP) is 8.79. The van der Waals surface area contributed by atoms with Crippen molar-refractivity contribution in [2.45, 2.75) is 135 Å². The van der Waals surface area contributed by atoms with Crippen LogP contribution in [0.25, 0.3) is 21.3 Å². The number of piperidine rings is 1. The van der Waals surface area contributed by atoms with Gasteiger partial charge in [0.05, 0.1) is 45.0 Å². The molecule has 3 aliphatic heterocycles. The topological polar surface area (TPSA) is 199 Å². The van der Waals surface area contributed by atoms with Crippen LogP contribution < -0.4 is 26.0 Å². The van der Waals surface area contributed by atoms with Crippen LogP contribution in [-0.4, -0.2) is 135 Å². The summed E-state index contributed by atoms with van der Waals surface area (Å²) in [6.45, 7) is 15.3. The molecule has 20 heteroatoms. The molecule has 5 heterocycles. The second-order valence-electron chi connectivity index (χ2n) is 21.9. The van der Waals surface area contributed by atoms with E-state index in [1.54, 1.807) is 22.6 Å². The van der Waals surface area contributed by atoms with Gasteiger partial charge in [-0.15, -0.1) is 24.5 Å².